The SMILES string of the molecule is COC(=O)[C@H]1Cc2c([nH]c3ccccc23)[C@@H](c2cc(C)cc(C)c2)N1. The molecule has 3 aromatic rings. The van der Waals surface area contributed by atoms with Gasteiger partial charge in [-0.1, -0.05) is 47.5 Å². The molecular formula is C21H22N2O2. The number of ether oxygens (including phenoxy) is 1. The number of hydrogen-bond acceptors (Lipinski definition) is 3. The molecule has 0 radical (unpaired) electrons. The Hall–Kier alpha value is -2.59. The summed E-state index contributed by atoms with van der Waals surface area (Å²) in [5.74, 6) is -0.217. The second-order valence-electron chi connectivity index (χ2n) is 6.86. The van der Waals surface area contributed by atoms with Crippen molar-refractivity contribution in [2.24, 2.45) is 0 Å². The highest BCUT2D eigenvalue weighted by Crippen LogP contribution is 2.35. The van der Waals surface area contributed by atoms with Gasteiger partial charge in [-0.25, -0.2) is 0 Å². The number of aromatic amines is 1. The number of carbonyl (C=O) groups is 1. The topological polar surface area (TPSA) is 54.1 Å². The first-order chi connectivity index (χ1) is 12.1. The highest BCUT2D eigenvalue weighted by Gasteiger charge is 2.34. The third-order valence-electron chi connectivity index (χ3n) is 4.97. The Morgan fingerprint density at radius 3 is 2.56 bits per heavy atom. The van der Waals surface area contributed by atoms with Crippen LogP contribution in [0.25, 0.3) is 10.9 Å². The Balaban J connectivity index is 1.90. The van der Waals surface area contributed by atoms with Gasteiger partial charge in [0.15, 0.2) is 0 Å². The standard InChI is InChI=1S/C21H22N2O2/c1-12-8-13(2)10-14(9-12)19-20-16(11-18(23-19)21(24)25-3)15-6-4-5-7-17(15)22-20/h4-10,18-19,22-23H,11H2,1-3H3/t18-,19-/m1/s1. The van der Waals surface area contributed by atoms with E-state index in [4.69, 9.17) is 4.74 Å². The summed E-state index contributed by atoms with van der Waals surface area (Å²) in [5.41, 5.74) is 7.05. The first-order valence-corrected chi connectivity index (χ1v) is 8.58. The highest BCUT2D eigenvalue weighted by atomic mass is 16.5. The molecule has 4 heteroatoms. The van der Waals surface area contributed by atoms with Gasteiger partial charge in [-0.3, -0.25) is 10.1 Å². The minimum Gasteiger partial charge on any atom is -0.468 e. The number of fused-ring (bicyclic) bond motifs is 3. The summed E-state index contributed by atoms with van der Waals surface area (Å²) in [4.78, 5) is 15.8. The number of aromatic nitrogens is 1. The smallest absolute Gasteiger partial charge is 0.323 e. The Labute approximate surface area is 147 Å². The highest BCUT2D eigenvalue weighted by molar-refractivity contribution is 5.87. The van der Waals surface area contributed by atoms with Gasteiger partial charge in [-0.15, -0.1) is 0 Å². The molecule has 0 saturated heterocycles. The van der Waals surface area contributed by atoms with E-state index in [9.17, 15) is 4.79 Å². The molecular weight excluding hydrogens is 312 g/mol. The van der Waals surface area contributed by atoms with Crippen LogP contribution in [-0.2, 0) is 16.0 Å². The molecule has 0 unspecified atom stereocenters. The van der Waals surface area contributed by atoms with Gasteiger partial charge < -0.3 is 9.72 Å². The number of rotatable bonds is 2. The molecule has 25 heavy (non-hydrogen) atoms. The maximum Gasteiger partial charge on any atom is 0.323 e. The van der Waals surface area contributed by atoms with Crippen LogP contribution in [0.1, 0.15) is 34.0 Å². The first-order valence-electron chi connectivity index (χ1n) is 8.58. The number of benzene rings is 2. The largest absolute Gasteiger partial charge is 0.468 e. The molecule has 2 atom stereocenters. The molecule has 128 valence electrons. The lowest BCUT2D eigenvalue weighted by atomic mass is 9.89. The summed E-state index contributed by atoms with van der Waals surface area (Å²) in [7, 11) is 1.45. The Morgan fingerprint density at radius 1 is 1.12 bits per heavy atom. The molecule has 0 bridgehead atoms. The zero-order valence-corrected chi connectivity index (χ0v) is 14.7. The predicted molar refractivity (Wildman–Crippen MR) is 98.7 cm³/mol. The molecule has 0 aliphatic carbocycles. The van der Waals surface area contributed by atoms with E-state index in [1.54, 1.807) is 0 Å². The number of H-pyrrole nitrogens is 1. The lowest BCUT2D eigenvalue weighted by Crippen LogP contribution is -2.45. The first kappa shape index (κ1) is 15.9. The van der Waals surface area contributed by atoms with E-state index in [0.29, 0.717) is 6.42 Å². The maximum absolute atomic E-state index is 12.3. The summed E-state index contributed by atoms with van der Waals surface area (Å²) in [6, 6.07) is 14.4. The van der Waals surface area contributed by atoms with Gasteiger partial charge in [0.2, 0.25) is 0 Å². The predicted octanol–water partition coefficient (Wildman–Crippen LogP) is 3.56. The molecule has 4 rings (SSSR count). The molecule has 0 amide bonds. The summed E-state index contributed by atoms with van der Waals surface area (Å²) in [6.45, 7) is 4.20. The molecule has 1 aliphatic rings. The average molecular weight is 334 g/mol. The van der Waals surface area contributed by atoms with Crippen molar-refractivity contribution in [2.45, 2.75) is 32.4 Å². The molecule has 0 spiro atoms. The molecule has 0 saturated carbocycles. The minimum atomic E-state index is -0.345. The normalized spacial score (nSPS) is 19.6. The molecule has 1 aliphatic heterocycles. The quantitative estimate of drug-likeness (QED) is 0.705. The molecule has 0 fully saturated rings. The van der Waals surface area contributed by atoms with Crippen molar-refractivity contribution in [1.82, 2.24) is 10.3 Å². The third-order valence-corrected chi connectivity index (χ3v) is 4.97. The zero-order chi connectivity index (χ0) is 17.6. The van der Waals surface area contributed by atoms with Crippen LogP contribution >= 0.6 is 0 Å². The van der Waals surface area contributed by atoms with Crippen molar-refractivity contribution in [1.29, 1.82) is 0 Å². The zero-order valence-electron chi connectivity index (χ0n) is 14.7. The molecule has 1 aromatic heterocycles. The minimum absolute atomic E-state index is 0.0566. The van der Waals surface area contributed by atoms with Gasteiger partial charge in [-0.05, 0) is 31.0 Å². The number of nitrogens with one attached hydrogen (secondary N) is 2. The fourth-order valence-electron chi connectivity index (χ4n) is 3.97. The average Bonchev–Trinajstić information content (AvgIpc) is 2.98. The molecule has 4 nitrogen and oxygen atoms in total. The lowest BCUT2D eigenvalue weighted by Gasteiger charge is -2.30. The van der Waals surface area contributed by atoms with E-state index in [1.807, 2.05) is 12.1 Å². The number of para-hydroxylation sites is 1. The van der Waals surface area contributed by atoms with Gasteiger partial charge in [0, 0.05) is 23.0 Å². The summed E-state index contributed by atoms with van der Waals surface area (Å²) in [5, 5.41) is 4.67. The van der Waals surface area contributed by atoms with Gasteiger partial charge in [0.05, 0.1) is 13.2 Å². The van der Waals surface area contributed by atoms with E-state index in [-0.39, 0.29) is 18.1 Å². The Kier molecular flexibility index (Phi) is 3.85. The fraction of sp³-hybridized carbons (Fsp3) is 0.286. The summed E-state index contributed by atoms with van der Waals surface area (Å²) >= 11 is 0. The fourth-order valence-corrected chi connectivity index (χ4v) is 3.97. The van der Waals surface area contributed by atoms with Gasteiger partial charge >= 0.3 is 5.97 Å². The van der Waals surface area contributed by atoms with Crippen LogP contribution in [0.2, 0.25) is 0 Å². The number of aryl methyl sites for hydroxylation is 2. The molecule has 2 N–H and O–H groups in total. The Morgan fingerprint density at radius 2 is 1.84 bits per heavy atom. The Bertz CT molecular complexity index is 937. The summed E-state index contributed by atoms with van der Waals surface area (Å²) < 4.78 is 5.01. The van der Waals surface area contributed by atoms with E-state index >= 15 is 0 Å². The van der Waals surface area contributed by atoms with Crippen LogP contribution in [0.4, 0.5) is 0 Å². The molecule has 2 aromatic carbocycles. The maximum atomic E-state index is 12.3. The second kappa shape index (κ2) is 6.05. The van der Waals surface area contributed by atoms with Crippen molar-refractivity contribution < 1.29 is 9.53 Å². The third kappa shape index (κ3) is 2.72. The summed E-state index contributed by atoms with van der Waals surface area (Å²) in [6.07, 6.45) is 0.632. The van der Waals surface area contributed by atoms with Crippen molar-refractivity contribution >= 4 is 16.9 Å². The van der Waals surface area contributed by atoms with Gasteiger partial charge in [0.25, 0.3) is 0 Å². The number of methoxy groups -OCH3 is 1. The van der Waals surface area contributed by atoms with Crippen LogP contribution in [0.5, 0.6) is 0 Å². The van der Waals surface area contributed by atoms with Crippen LogP contribution in [0, 0.1) is 13.8 Å². The van der Waals surface area contributed by atoms with Gasteiger partial charge in [0.1, 0.15) is 6.04 Å². The van der Waals surface area contributed by atoms with Crippen molar-refractivity contribution in [2.75, 3.05) is 7.11 Å². The van der Waals surface area contributed by atoms with E-state index in [0.717, 1.165) is 11.2 Å². The number of esters is 1. The van der Waals surface area contributed by atoms with E-state index in [1.165, 1.54) is 34.7 Å². The number of carbonyl (C=O) groups excluding carboxylic acids is 1. The van der Waals surface area contributed by atoms with Crippen molar-refractivity contribution in [3.8, 4) is 0 Å². The van der Waals surface area contributed by atoms with Gasteiger partial charge in [-0.2, -0.15) is 0 Å². The van der Waals surface area contributed by atoms with Crippen LogP contribution in [0.3, 0.4) is 0 Å². The molecule has 2 heterocycles. The van der Waals surface area contributed by atoms with Crippen molar-refractivity contribution in [3.05, 3.63) is 70.4 Å². The lowest BCUT2D eigenvalue weighted by molar-refractivity contribution is -0.143. The van der Waals surface area contributed by atoms with Crippen LogP contribution in [0.15, 0.2) is 42.5 Å². The van der Waals surface area contributed by atoms with Crippen LogP contribution < -0.4 is 5.32 Å². The van der Waals surface area contributed by atoms with E-state index < -0.39 is 0 Å². The van der Waals surface area contributed by atoms with Crippen LogP contribution in [-0.4, -0.2) is 24.1 Å². The van der Waals surface area contributed by atoms with Crippen molar-refractivity contribution in [3.63, 3.8) is 0 Å². The monoisotopic (exact) mass is 334 g/mol. The van der Waals surface area contributed by atoms with E-state index in [2.05, 4.69) is 54.5 Å². The number of hydrogen-bond donors (Lipinski definition) is 2. The second-order valence-corrected chi connectivity index (χ2v) is 6.86.